The van der Waals surface area contributed by atoms with Gasteiger partial charge < -0.3 is 9.84 Å². The molecule has 110 valence electrons. The normalized spacial score (nSPS) is 11.2. The van der Waals surface area contributed by atoms with E-state index >= 15 is 0 Å². The third-order valence-corrected chi connectivity index (χ3v) is 4.36. The van der Waals surface area contributed by atoms with E-state index in [1.807, 2.05) is 0 Å². The highest BCUT2D eigenvalue weighted by Crippen LogP contribution is 2.27. The molecule has 0 aliphatic rings. The second kappa shape index (κ2) is 7.58. The van der Waals surface area contributed by atoms with Gasteiger partial charge in [-0.25, -0.2) is 0 Å². The van der Waals surface area contributed by atoms with E-state index in [4.69, 9.17) is 4.52 Å². The van der Waals surface area contributed by atoms with Crippen molar-refractivity contribution in [1.82, 2.24) is 20.3 Å². The summed E-state index contributed by atoms with van der Waals surface area (Å²) in [5, 5.41) is 16.3. The fourth-order valence-electron chi connectivity index (χ4n) is 1.48. The Morgan fingerprint density at radius 1 is 1.35 bits per heavy atom. The smallest absolute Gasteiger partial charge is 0.226 e. The van der Waals surface area contributed by atoms with Crippen LogP contribution in [0.1, 0.15) is 38.9 Å². The monoisotopic (exact) mass is 313 g/mol. The first-order valence-electron chi connectivity index (χ1n) is 6.69. The molecular weight excluding hydrogens is 294 g/mol. The van der Waals surface area contributed by atoms with Crippen LogP contribution in [-0.4, -0.2) is 26.9 Å². The Labute approximate surface area is 126 Å². The van der Waals surface area contributed by atoms with E-state index in [0.717, 1.165) is 28.9 Å². The molecule has 0 aromatic carbocycles. The minimum Gasteiger partial charge on any atom is -0.360 e. The van der Waals surface area contributed by atoms with Crippen LogP contribution >= 0.6 is 23.1 Å². The molecule has 0 spiro atoms. The Morgan fingerprint density at radius 3 is 2.95 bits per heavy atom. The molecule has 0 atom stereocenters. The van der Waals surface area contributed by atoms with Crippen LogP contribution in [0.5, 0.6) is 0 Å². The van der Waals surface area contributed by atoms with Gasteiger partial charge in [0, 0.05) is 13.0 Å². The van der Waals surface area contributed by atoms with Gasteiger partial charge in [-0.05, 0) is 12.3 Å². The van der Waals surface area contributed by atoms with E-state index in [1.54, 1.807) is 23.1 Å². The van der Waals surface area contributed by atoms with Gasteiger partial charge in [-0.3, -0.25) is 0 Å². The van der Waals surface area contributed by atoms with Crippen LogP contribution in [0.4, 0.5) is 5.13 Å². The third-order valence-electron chi connectivity index (χ3n) is 2.35. The summed E-state index contributed by atoms with van der Waals surface area (Å²) >= 11 is 3.13. The molecule has 0 saturated carbocycles. The van der Waals surface area contributed by atoms with Gasteiger partial charge in [-0.1, -0.05) is 49.0 Å². The molecule has 1 N–H and O–H groups in total. The second-order valence-electron chi connectivity index (χ2n) is 4.79. The number of rotatable bonds is 8. The Bertz CT molecular complexity index is 525. The van der Waals surface area contributed by atoms with Crippen LogP contribution in [0, 0.1) is 5.92 Å². The van der Waals surface area contributed by atoms with E-state index in [9.17, 15) is 0 Å². The summed E-state index contributed by atoms with van der Waals surface area (Å²) in [7, 11) is 0. The van der Waals surface area contributed by atoms with Crippen molar-refractivity contribution in [3.05, 3.63) is 11.7 Å². The zero-order valence-corrected chi connectivity index (χ0v) is 13.6. The summed E-state index contributed by atoms with van der Waals surface area (Å²) < 4.78 is 6.12. The average molecular weight is 313 g/mol. The van der Waals surface area contributed by atoms with Crippen molar-refractivity contribution in [2.24, 2.45) is 5.92 Å². The predicted molar refractivity (Wildman–Crippen MR) is 81.1 cm³/mol. The highest BCUT2D eigenvalue weighted by atomic mass is 32.2. The van der Waals surface area contributed by atoms with Crippen molar-refractivity contribution < 1.29 is 4.52 Å². The summed E-state index contributed by atoms with van der Waals surface area (Å²) in [6.07, 6.45) is 1.89. The van der Waals surface area contributed by atoms with Crippen molar-refractivity contribution in [3.8, 4) is 0 Å². The van der Waals surface area contributed by atoms with Gasteiger partial charge in [0.15, 0.2) is 10.2 Å². The minimum absolute atomic E-state index is 0.520. The fraction of sp³-hybridized carbons (Fsp3) is 0.667. The standard InChI is InChI=1S/C12H19N5OS2/c1-4-5-13-11-15-16-12(20-11)19-7-9-14-10(18-17-9)6-8(2)3/h8H,4-7H2,1-3H3,(H,13,15). The summed E-state index contributed by atoms with van der Waals surface area (Å²) in [6, 6.07) is 0. The molecule has 0 saturated heterocycles. The number of hydrogen-bond acceptors (Lipinski definition) is 8. The van der Waals surface area contributed by atoms with Gasteiger partial charge in [0.2, 0.25) is 11.0 Å². The average Bonchev–Trinajstić information content (AvgIpc) is 3.02. The fourth-order valence-corrected chi connectivity index (χ4v) is 3.10. The minimum atomic E-state index is 0.520. The van der Waals surface area contributed by atoms with Crippen LogP contribution in [-0.2, 0) is 12.2 Å². The largest absolute Gasteiger partial charge is 0.360 e. The molecule has 0 bridgehead atoms. The van der Waals surface area contributed by atoms with Crippen LogP contribution in [0.2, 0.25) is 0 Å². The summed E-state index contributed by atoms with van der Waals surface area (Å²) in [4.78, 5) is 4.36. The maximum Gasteiger partial charge on any atom is 0.226 e. The van der Waals surface area contributed by atoms with E-state index in [2.05, 4.69) is 46.4 Å². The number of hydrogen-bond donors (Lipinski definition) is 1. The number of anilines is 1. The van der Waals surface area contributed by atoms with Gasteiger partial charge in [0.25, 0.3) is 0 Å². The van der Waals surface area contributed by atoms with Crippen LogP contribution in [0.3, 0.4) is 0 Å². The maximum absolute atomic E-state index is 5.20. The zero-order chi connectivity index (χ0) is 14.4. The van der Waals surface area contributed by atoms with Gasteiger partial charge in [0.1, 0.15) is 0 Å². The van der Waals surface area contributed by atoms with E-state index in [0.29, 0.717) is 23.4 Å². The molecule has 0 aliphatic heterocycles. The number of aromatic nitrogens is 4. The van der Waals surface area contributed by atoms with Gasteiger partial charge in [-0.15, -0.1) is 10.2 Å². The SMILES string of the molecule is CCCNc1nnc(SCc2noc(CC(C)C)n2)s1. The highest BCUT2D eigenvalue weighted by molar-refractivity contribution is 8.00. The van der Waals surface area contributed by atoms with Crippen molar-refractivity contribution in [3.63, 3.8) is 0 Å². The molecular formula is C12H19N5OS2. The zero-order valence-electron chi connectivity index (χ0n) is 11.9. The van der Waals surface area contributed by atoms with Crippen molar-refractivity contribution in [2.45, 2.75) is 43.7 Å². The van der Waals surface area contributed by atoms with Crippen LogP contribution in [0.25, 0.3) is 0 Å². The molecule has 2 aromatic rings. The highest BCUT2D eigenvalue weighted by Gasteiger charge is 2.10. The molecule has 2 heterocycles. The van der Waals surface area contributed by atoms with Crippen molar-refractivity contribution >= 4 is 28.2 Å². The molecule has 0 aliphatic carbocycles. The Balaban J connectivity index is 1.82. The molecule has 2 aromatic heterocycles. The molecule has 8 heteroatoms. The lowest BCUT2D eigenvalue weighted by atomic mass is 10.1. The summed E-state index contributed by atoms with van der Waals surface area (Å²) in [5.41, 5.74) is 0. The first-order chi connectivity index (χ1) is 9.67. The van der Waals surface area contributed by atoms with Crippen LogP contribution in [0.15, 0.2) is 8.86 Å². The van der Waals surface area contributed by atoms with E-state index in [-0.39, 0.29) is 0 Å². The van der Waals surface area contributed by atoms with Crippen molar-refractivity contribution in [2.75, 3.05) is 11.9 Å². The van der Waals surface area contributed by atoms with Gasteiger partial charge in [-0.2, -0.15) is 4.98 Å². The lowest BCUT2D eigenvalue weighted by Gasteiger charge is -1.96. The molecule has 0 radical (unpaired) electrons. The summed E-state index contributed by atoms with van der Waals surface area (Å²) in [5.74, 6) is 2.60. The lowest BCUT2D eigenvalue weighted by Crippen LogP contribution is -1.98. The molecule has 0 amide bonds. The molecule has 6 nitrogen and oxygen atoms in total. The van der Waals surface area contributed by atoms with Crippen LogP contribution < -0.4 is 5.32 Å². The van der Waals surface area contributed by atoms with E-state index < -0.39 is 0 Å². The first kappa shape index (κ1) is 15.2. The number of nitrogens with one attached hydrogen (secondary N) is 1. The Morgan fingerprint density at radius 2 is 2.20 bits per heavy atom. The maximum atomic E-state index is 5.20. The van der Waals surface area contributed by atoms with E-state index in [1.165, 1.54) is 0 Å². The third kappa shape index (κ3) is 4.75. The molecule has 2 rings (SSSR count). The predicted octanol–water partition coefficient (Wildman–Crippen LogP) is 3.23. The first-order valence-corrected chi connectivity index (χ1v) is 8.49. The second-order valence-corrected chi connectivity index (χ2v) is 6.99. The lowest BCUT2D eigenvalue weighted by molar-refractivity contribution is 0.360. The molecule has 0 fully saturated rings. The molecule has 20 heavy (non-hydrogen) atoms. The molecule has 0 unspecified atom stereocenters. The topological polar surface area (TPSA) is 76.7 Å². The van der Waals surface area contributed by atoms with Gasteiger partial charge in [0.05, 0.1) is 5.75 Å². The quantitative estimate of drug-likeness (QED) is 0.750. The van der Waals surface area contributed by atoms with Gasteiger partial charge >= 0.3 is 0 Å². The van der Waals surface area contributed by atoms with Crippen molar-refractivity contribution in [1.29, 1.82) is 0 Å². The Kier molecular flexibility index (Phi) is 5.78. The Hall–Kier alpha value is -1.15. The summed E-state index contributed by atoms with van der Waals surface area (Å²) in [6.45, 7) is 7.30. The number of thioether (sulfide) groups is 1. The number of nitrogens with zero attached hydrogens (tertiary/aromatic N) is 4.